The summed E-state index contributed by atoms with van der Waals surface area (Å²) in [6.45, 7) is 1.89. The quantitative estimate of drug-likeness (QED) is 0.475. The van der Waals surface area contributed by atoms with Crippen LogP contribution in [0.2, 0.25) is 0 Å². The van der Waals surface area contributed by atoms with Gasteiger partial charge in [0.05, 0.1) is 0 Å². The van der Waals surface area contributed by atoms with Crippen LogP contribution in [-0.4, -0.2) is 4.90 Å². The molecule has 38 valence electrons. The van der Waals surface area contributed by atoms with Crippen LogP contribution in [0.25, 0.3) is 0 Å². The fraction of sp³-hybridized carbons (Fsp3) is 0.400. The van der Waals surface area contributed by atoms with Gasteiger partial charge in [0.15, 0.2) is 0 Å². The number of hydrogen-bond donors (Lipinski definition) is 0. The summed E-state index contributed by atoms with van der Waals surface area (Å²) in [6, 6.07) is 0. The molecule has 0 aliphatic carbocycles. The molecule has 0 bridgehead atoms. The van der Waals surface area contributed by atoms with Crippen LogP contribution < -0.4 is 0 Å². The van der Waals surface area contributed by atoms with E-state index in [1.165, 1.54) is 0 Å². The van der Waals surface area contributed by atoms with Crippen molar-refractivity contribution in [3.8, 4) is 17.9 Å². The minimum absolute atomic E-state index is 0.261. The van der Waals surface area contributed by atoms with E-state index < -0.39 is 0 Å². The Bertz CT molecular complexity index is 161. The molecule has 0 saturated carbocycles. The molecular formula is C5H5P3+2. The molecule has 0 fully saturated rings. The van der Waals surface area contributed by atoms with Gasteiger partial charge in [-0.25, -0.2) is 0 Å². The average Bonchev–Trinajstić information content (AvgIpc) is 1.87. The second kappa shape index (κ2) is 3.62. The normalized spacial score (nSPS) is 15.2. The summed E-state index contributed by atoms with van der Waals surface area (Å²) in [5.41, 5.74) is 2.70. The molecule has 0 aliphatic heterocycles. The summed E-state index contributed by atoms with van der Waals surface area (Å²) in [5.74, 6) is 0. The maximum atomic E-state index is 5.30. The van der Waals surface area contributed by atoms with Gasteiger partial charge in [-0.1, -0.05) is 0 Å². The minimum atomic E-state index is -0.261. The summed E-state index contributed by atoms with van der Waals surface area (Å²) in [5, 5.41) is 0. The first-order valence-electron chi connectivity index (χ1n) is 1.94. The molecule has 0 aromatic carbocycles. The molecular weight excluding hydrogens is 153 g/mol. The van der Waals surface area contributed by atoms with Gasteiger partial charge in [-0.2, -0.15) is 0 Å². The second-order valence-electron chi connectivity index (χ2n) is 1.39. The van der Waals surface area contributed by atoms with Crippen molar-refractivity contribution in [3.05, 3.63) is 0 Å². The van der Waals surface area contributed by atoms with E-state index in [1.807, 2.05) is 6.92 Å². The Hall–Kier alpha value is 0.630. The Morgan fingerprint density at radius 1 is 1.50 bits per heavy atom. The molecule has 0 heterocycles. The molecule has 0 radical (unpaired) electrons. The van der Waals surface area contributed by atoms with Gasteiger partial charge in [-0.05, 0) is 0 Å². The second-order valence-corrected chi connectivity index (χ2v) is 4.27. The van der Waals surface area contributed by atoms with E-state index in [0.29, 0.717) is 16.1 Å². The van der Waals surface area contributed by atoms with Gasteiger partial charge in [0.25, 0.3) is 0 Å². The van der Waals surface area contributed by atoms with Crippen molar-refractivity contribution >= 4 is 24.8 Å². The molecule has 0 nitrogen and oxygen atoms in total. The molecule has 0 aromatic heterocycles. The average molecular weight is 158 g/mol. The van der Waals surface area contributed by atoms with Crippen molar-refractivity contribution in [2.24, 2.45) is 0 Å². The van der Waals surface area contributed by atoms with Crippen molar-refractivity contribution in [1.29, 1.82) is 0 Å². The third-order valence-electron chi connectivity index (χ3n) is 0.715. The first kappa shape index (κ1) is 8.63. The topological polar surface area (TPSA) is 0 Å². The van der Waals surface area contributed by atoms with Crippen LogP contribution in [-0.2, 0) is 0 Å². The van der Waals surface area contributed by atoms with Crippen LogP contribution in [0.1, 0.15) is 6.92 Å². The van der Waals surface area contributed by atoms with Gasteiger partial charge < -0.3 is 0 Å². The van der Waals surface area contributed by atoms with E-state index >= 15 is 0 Å². The van der Waals surface area contributed by atoms with Gasteiger partial charge in [-0.3, -0.25) is 0 Å². The molecule has 0 rings (SSSR count). The predicted octanol–water partition coefficient (Wildman–Crippen LogP) is 3.14. The first-order valence-corrected chi connectivity index (χ1v) is 4.31. The van der Waals surface area contributed by atoms with Gasteiger partial charge in [0.2, 0.25) is 0 Å². The SMILES string of the molecule is C#[P+]C(C)(C#P)[P+]#C. The Morgan fingerprint density at radius 2 is 1.88 bits per heavy atom. The zero-order chi connectivity index (χ0) is 6.62. The van der Waals surface area contributed by atoms with Crippen LogP contribution in [0.5, 0.6) is 0 Å². The van der Waals surface area contributed by atoms with Crippen molar-refractivity contribution in [2.75, 3.05) is 0 Å². The molecule has 3 heteroatoms. The molecule has 0 N–H and O–H groups in total. The Kier molecular flexibility index (Phi) is 3.90. The molecule has 0 unspecified atom stereocenters. The number of rotatable bonds is 0. The number of hydrogen-bond acceptors (Lipinski definition) is 0. The van der Waals surface area contributed by atoms with Crippen molar-refractivity contribution in [2.45, 2.75) is 11.8 Å². The fourth-order valence-corrected chi connectivity index (χ4v) is 0.820. The van der Waals surface area contributed by atoms with E-state index in [-0.39, 0.29) is 4.90 Å². The Labute approximate surface area is 55.1 Å². The maximum absolute atomic E-state index is 5.30. The molecule has 8 heavy (non-hydrogen) atoms. The Balaban J connectivity index is 4.42. The monoisotopic (exact) mass is 158 g/mol. The molecule has 0 amide bonds. The molecule has 0 spiro atoms. The van der Waals surface area contributed by atoms with E-state index in [0.717, 1.165) is 0 Å². The summed E-state index contributed by atoms with van der Waals surface area (Å²) >= 11 is 0. The predicted molar refractivity (Wildman–Crippen MR) is 42.9 cm³/mol. The van der Waals surface area contributed by atoms with E-state index in [9.17, 15) is 0 Å². The summed E-state index contributed by atoms with van der Waals surface area (Å²) in [6.07, 6.45) is 10.6. The molecule has 0 atom stereocenters. The summed E-state index contributed by atoms with van der Waals surface area (Å²) < 4.78 is 0. The third kappa shape index (κ3) is 2.27. The molecule has 0 aromatic rings. The first-order chi connectivity index (χ1) is 3.68. The summed E-state index contributed by atoms with van der Waals surface area (Å²) in [4.78, 5) is -0.261. The van der Waals surface area contributed by atoms with Crippen molar-refractivity contribution in [3.63, 3.8) is 0 Å². The van der Waals surface area contributed by atoms with E-state index in [1.54, 1.807) is 0 Å². The third-order valence-corrected chi connectivity index (χ3v) is 3.44. The van der Waals surface area contributed by atoms with Crippen LogP contribution in [0.3, 0.4) is 0 Å². The van der Waals surface area contributed by atoms with Gasteiger partial charge in [-0.15, -0.1) is 0 Å². The van der Waals surface area contributed by atoms with E-state index in [2.05, 4.69) is 14.3 Å². The van der Waals surface area contributed by atoms with Crippen LogP contribution >= 0.6 is 24.8 Å². The van der Waals surface area contributed by atoms with Crippen molar-refractivity contribution in [1.82, 2.24) is 0 Å². The standard InChI is InChI=1S/C5H5P3/c1-5(4-6,7-2)8-3/h2-3H,1H3/q+2. The zero-order valence-electron chi connectivity index (χ0n) is 4.50. The van der Waals surface area contributed by atoms with Crippen LogP contribution in [0.15, 0.2) is 0 Å². The summed E-state index contributed by atoms with van der Waals surface area (Å²) in [7, 11) is 5.26. The molecule has 0 saturated heterocycles. The van der Waals surface area contributed by atoms with Gasteiger partial charge in [0, 0.05) is 0 Å². The van der Waals surface area contributed by atoms with Gasteiger partial charge >= 0.3 is 54.5 Å². The zero-order valence-corrected chi connectivity index (χ0v) is 7.18. The van der Waals surface area contributed by atoms with Crippen LogP contribution in [0, 0.1) is 17.9 Å². The fourth-order valence-electron chi connectivity index (χ4n) is 0.0911. The van der Waals surface area contributed by atoms with Crippen molar-refractivity contribution < 1.29 is 0 Å². The van der Waals surface area contributed by atoms with E-state index in [4.69, 9.17) is 12.3 Å². The molecule has 0 aliphatic rings. The van der Waals surface area contributed by atoms with Crippen LogP contribution in [0.4, 0.5) is 0 Å². The van der Waals surface area contributed by atoms with Gasteiger partial charge in [0.1, 0.15) is 0 Å². The Morgan fingerprint density at radius 3 is 1.88 bits per heavy atom.